The van der Waals surface area contributed by atoms with Gasteiger partial charge in [-0.2, -0.15) is 0 Å². The van der Waals surface area contributed by atoms with Gasteiger partial charge in [-0.15, -0.1) is 0 Å². The molecule has 6 heteroatoms. The van der Waals surface area contributed by atoms with Crippen LogP contribution in [0.25, 0.3) is 0 Å². The molecule has 146 valence electrons. The number of benzene rings is 1. The number of ether oxygens (including phenoxy) is 1. The predicted molar refractivity (Wildman–Crippen MR) is 110 cm³/mol. The van der Waals surface area contributed by atoms with Crippen molar-refractivity contribution in [2.45, 2.75) is 39.8 Å². The van der Waals surface area contributed by atoms with Gasteiger partial charge in [-0.05, 0) is 44.4 Å². The fourth-order valence-corrected chi connectivity index (χ4v) is 2.76. The minimum atomic E-state index is 0.0473. The Balaban J connectivity index is 1.75. The van der Waals surface area contributed by atoms with Crippen LogP contribution in [0.4, 0.5) is 0 Å². The largest absolute Gasteiger partial charge is 0.494 e. The molecule has 0 bridgehead atoms. The zero-order valence-electron chi connectivity index (χ0n) is 16.5. The molecule has 0 amide bonds. The summed E-state index contributed by atoms with van der Waals surface area (Å²) in [5, 5.41) is 6.64. The van der Waals surface area contributed by atoms with E-state index in [1.807, 2.05) is 19.2 Å². The maximum Gasteiger partial charge on any atom is 0.250 e. The third-order valence-corrected chi connectivity index (χ3v) is 4.21. The van der Waals surface area contributed by atoms with Gasteiger partial charge in [0.15, 0.2) is 5.96 Å². The summed E-state index contributed by atoms with van der Waals surface area (Å²) in [7, 11) is 1.76. The number of nitrogens with zero attached hydrogens (tertiary/aromatic N) is 2. The lowest BCUT2D eigenvalue weighted by atomic mass is 10.1. The Hall–Kier alpha value is -2.76. The first-order chi connectivity index (χ1) is 13.1. The highest BCUT2D eigenvalue weighted by molar-refractivity contribution is 5.79. The predicted octanol–water partition coefficient (Wildman–Crippen LogP) is 2.70. The van der Waals surface area contributed by atoms with E-state index in [9.17, 15) is 4.79 Å². The standard InChI is InChI=1S/C21H30N4O2/c1-4-27-19-15-17(2)10-11-18(19)16-24-21(22-3)23-12-6-8-14-25-13-7-5-9-20(25)26/h5,7,9-11,13,15H,4,6,8,12,14,16H2,1-3H3,(H2,22,23,24). The van der Waals surface area contributed by atoms with Gasteiger partial charge in [0.2, 0.25) is 5.56 Å². The SMILES string of the molecule is CCOc1cc(C)ccc1CNC(=NC)NCCCCn1ccccc1=O. The van der Waals surface area contributed by atoms with E-state index in [-0.39, 0.29) is 5.56 Å². The Morgan fingerprint density at radius 2 is 2.04 bits per heavy atom. The van der Waals surface area contributed by atoms with Crippen LogP contribution in [0.15, 0.2) is 52.4 Å². The molecule has 0 radical (unpaired) electrons. The van der Waals surface area contributed by atoms with E-state index in [2.05, 4.69) is 40.7 Å². The quantitative estimate of drug-likeness (QED) is 0.405. The van der Waals surface area contributed by atoms with Crippen LogP contribution in [0.5, 0.6) is 5.75 Å². The number of nitrogens with one attached hydrogen (secondary N) is 2. The Bertz CT molecular complexity index is 799. The van der Waals surface area contributed by atoms with Crippen LogP contribution in [0, 0.1) is 6.92 Å². The second kappa shape index (κ2) is 11.1. The summed E-state index contributed by atoms with van der Waals surface area (Å²) in [5.41, 5.74) is 2.34. The van der Waals surface area contributed by atoms with Gasteiger partial charge in [0.05, 0.1) is 6.61 Å². The monoisotopic (exact) mass is 370 g/mol. The second-order valence-electron chi connectivity index (χ2n) is 6.34. The molecule has 2 N–H and O–H groups in total. The van der Waals surface area contributed by atoms with E-state index in [1.165, 1.54) is 5.56 Å². The van der Waals surface area contributed by atoms with Crippen LogP contribution in [-0.2, 0) is 13.1 Å². The molecule has 0 spiro atoms. The average Bonchev–Trinajstić information content (AvgIpc) is 2.67. The third kappa shape index (κ3) is 6.81. The molecule has 2 rings (SSSR count). The van der Waals surface area contributed by atoms with E-state index >= 15 is 0 Å². The number of guanidine groups is 1. The van der Waals surface area contributed by atoms with Crippen LogP contribution in [0.3, 0.4) is 0 Å². The highest BCUT2D eigenvalue weighted by Gasteiger charge is 2.05. The number of aromatic nitrogens is 1. The topological polar surface area (TPSA) is 67.7 Å². The molecule has 0 aliphatic carbocycles. The van der Waals surface area contributed by atoms with E-state index in [0.29, 0.717) is 13.2 Å². The van der Waals surface area contributed by atoms with Gasteiger partial charge < -0.3 is 19.9 Å². The fraction of sp³-hybridized carbons (Fsp3) is 0.429. The Morgan fingerprint density at radius 1 is 1.19 bits per heavy atom. The molecular weight excluding hydrogens is 340 g/mol. The number of unbranched alkanes of at least 4 members (excludes halogenated alkanes) is 1. The zero-order valence-corrected chi connectivity index (χ0v) is 16.5. The molecule has 6 nitrogen and oxygen atoms in total. The summed E-state index contributed by atoms with van der Waals surface area (Å²) in [6.07, 6.45) is 3.71. The van der Waals surface area contributed by atoms with Crippen LogP contribution >= 0.6 is 0 Å². The summed E-state index contributed by atoms with van der Waals surface area (Å²) < 4.78 is 7.46. The summed E-state index contributed by atoms with van der Waals surface area (Å²) in [5.74, 6) is 1.67. The highest BCUT2D eigenvalue weighted by Crippen LogP contribution is 2.20. The Morgan fingerprint density at radius 3 is 2.78 bits per heavy atom. The molecule has 0 aliphatic rings. The van der Waals surface area contributed by atoms with Crippen molar-refractivity contribution in [3.63, 3.8) is 0 Å². The first-order valence-electron chi connectivity index (χ1n) is 9.46. The van der Waals surface area contributed by atoms with Crippen LogP contribution < -0.4 is 20.9 Å². The summed E-state index contributed by atoms with van der Waals surface area (Å²) in [6.45, 7) is 6.87. The summed E-state index contributed by atoms with van der Waals surface area (Å²) in [6, 6.07) is 11.5. The van der Waals surface area contributed by atoms with Gasteiger partial charge in [-0.25, -0.2) is 0 Å². The molecule has 1 aromatic heterocycles. The molecule has 27 heavy (non-hydrogen) atoms. The molecule has 0 aliphatic heterocycles. The number of pyridine rings is 1. The van der Waals surface area contributed by atoms with Gasteiger partial charge in [-0.3, -0.25) is 9.79 Å². The second-order valence-corrected chi connectivity index (χ2v) is 6.34. The number of hydrogen-bond donors (Lipinski definition) is 2. The lowest BCUT2D eigenvalue weighted by Crippen LogP contribution is -2.37. The van der Waals surface area contributed by atoms with Gasteiger partial charge in [0.25, 0.3) is 0 Å². The number of aryl methyl sites for hydroxylation is 2. The lowest BCUT2D eigenvalue weighted by molar-refractivity contribution is 0.336. The summed E-state index contributed by atoms with van der Waals surface area (Å²) >= 11 is 0. The number of aliphatic imine (C=N–C) groups is 1. The normalized spacial score (nSPS) is 11.3. The van der Waals surface area contributed by atoms with Crippen molar-refractivity contribution >= 4 is 5.96 Å². The van der Waals surface area contributed by atoms with Crippen molar-refractivity contribution in [3.8, 4) is 5.75 Å². The van der Waals surface area contributed by atoms with Crippen molar-refractivity contribution in [3.05, 3.63) is 64.1 Å². The molecule has 1 heterocycles. The van der Waals surface area contributed by atoms with E-state index in [0.717, 1.165) is 43.2 Å². The Labute approximate surface area is 161 Å². The maximum absolute atomic E-state index is 11.7. The van der Waals surface area contributed by atoms with Crippen molar-refractivity contribution in [2.24, 2.45) is 4.99 Å². The highest BCUT2D eigenvalue weighted by atomic mass is 16.5. The molecule has 1 aromatic carbocycles. The summed E-state index contributed by atoms with van der Waals surface area (Å²) in [4.78, 5) is 15.9. The van der Waals surface area contributed by atoms with Crippen LogP contribution in [-0.4, -0.2) is 30.7 Å². The minimum Gasteiger partial charge on any atom is -0.494 e. The molecule has 0 fully saturated rings. The van der Waals surface area contributed by atoms with Crippen LogP contribution in [0.2, 0.25) is 0 Å². The Kier molecular flexibility index (Phi) is 8.42. The first-order valence-corrected chi connectivity index (χ1v) is 9.46. The smallest absolute Gasteiger partial charge is 0.250 e. The minimum absolute atomic E-state index is 0.0473. The van der Waals surface area contributed by atoms with Gasteiger partial charge >= 0.3 is 0 Å². The lowest BCUT2D eigenvalue weighted by Gasteiger charge is -2.15. The van der Waals surface area contributed by atoms with Gasteiger partial charge in [0.1, 0.15) is 5.75 Å². The van der Waals surface area contributed by atoms with E-state index < -0.39 is 0 Å². The van der Waals surface area contributed by atoms with Gasteiger partial charge in [-0.1, -0.05) is 18.2 Å². The van der Waals surface area contributed by atoms with E-state index in [4.69, 9.17) is 4.74 Å². The molecule has 0 saturated heterocycles. The van der Waals surface area contributed by atoms with Crippen molar-refractivity contribution in [2.75, 3.05) is 20.2 Å². The molecule has 0 atom stereocenters. The van der Waals surface area contributed by atoms with Gasteiger partial charge in [0, 0.05) is 44.5 Å². The van der Waals surface area contributed by atoms with E-state index in [1.54, 1.807) is 23.7 Å². The van der Waals surface area contributed by atoms with Crippen molar-refractivity contribution in [1.29, 1.82) is 0 Å². The maximum atomic E-state index is 11.7. The molecular formula is C21H30N4O2. The fourth-order valence-electron chi connectivity index (χ4n) is 2.76. The molecule has 0 unspecified atom stereocenters. The average molecular weight is 370 g/mol. The number of hydrogen-bond acceptors (Lipinski definition) is 3. The first kappa shape index (κ1) is 20.6. The zero-order chi connectivity index (χ0) is 19.5. The molecule has 0 saturated carbocycles. The number of rotatable bonds is 9. The van der Waals surface area contributed by atoms with Crippen molar-refractivity contribution in [1.82, 2.24) is 15.2 Å². The van der Waals surface area contributed by atoms with Crippen molar-refractivity contribution < 1.29 is 4.74 Å². The molecule has 2 aromatic rings. The van der Waals surface area contributed by atoms with Crippen LogP contribution in [0.1, 0.15) is 30.9 Å². The third-order valence-electron chi connectivity index (χ3n) is 4.21.